The molecule has 0 saturated heterocycles. The van der Waals surface area contributed by atoms with Crippen LogP contribution in [0.5, 0.6) is 0 Å². The Labute approximate surface area is 205 Å². The summed E-state index contributed by atoms with van der Waals surface area (Å²) in [5, 5.41) is 0. The van der Waals surface area contributed by atoms with Crippen LogP contribution in [0, 0.1) is 20.8 Å². The number of rotatable bonds is 7. The third kappa shape index (κ3) is 5.35. The van der Waals surface area contributed by atoms with Gasteiger partial charge in [0.1, 0.15) is 11.3 Å². The predicted octanol–water partition coefficient (Wildman–Crippen LogP) is 4.57. The number of hydrogen-bond acceptors (Lipinski definition) is 6. The molecule has 0 aliphatic carbocycles. The Morgan fingerprint density at radius 2 is 1.69 bits per heavy atom. The first-order valence-electron chi connectivity index (χ1n) is 11.4. The van der Waals surface area contributed by atoms with Crippen molar-refractivity contribution < 1.29 is 17.9 Å². The summed E-state index contributed by atoms with van der Waals surface area (Å²) >= 11 is 0. The van der Waals surface area contributed by atoms with E-state index in [0.29, 0.717) is 6.42 Å². The zero-order valence-corrected chi connectivity index (χ0v) is 21.0. The molecule has 0 aliphatic heterocycles. The Hall–Kier alpha value is -3.72. The molecule has 2 aromatic carbocycles. The van der Waals surface area contributed by atoms with Gasteiger partial charge in [-0.05, 0) is 56.7 Å². The number of pyridine rings is 1. The minimum atomic E-state index is -3.97. The van der Waals surface area contributed by atoms with Crippen molar-refractivity contribution in [1.82, 2.24) is 19.3 Å². The molecule has 4 rings (SSSR count). The normalized spacial score (nSPS) is 11.5. The lowest BCUT2D eigenvalue weighted by Crippen LogP contribution is -2.31. The molecule has 0 unspecified atom stereocenters. The molecular weight excluding hydrogens is 464 g/mol. The van der Waals surface area contributed by atoms with E-state index in [9.17, 15) is 13.2 Å². The highest BCUT2D eigenvalue weighted by Crippen LogP contribution is 2.25. The number of carbonyl (C=O) groups excluding carboxylic acids is 1. The zero-order valence-electron chi connectivity index (χ0n) is 20.2. The number of aryl methyl sites for hydroxylation is 4. The molecule has 35 heavy (non-hydrogen) atoms. The minimum absolute atomic E-state index is 0.00952. The summed E-state index contributed by atoms with van der Waals surface area (Å²) in [6, 6.07) is 16.2. The van der Waals surface area contributed by atoms with Crippen LogP contribution in [0.15, 0.2) is 59.5 Å². The predicted molar refractivity (Wildman–Crippen MR) is 134 cm³/mol. The van der Waals surface area contributed by atoms with Crippen LogP contribution in [0.3, 0.4) is 0 Å². The fourth-order valence-corrected chi connectivity index (χ4v) is 4.83. The second-order valence-electron chi connectivity index (χ2n) is 8.40. The summed E-state index contributed by atoms with van der Waals surface area (Å²) in [5.41, 5.74) is 6.64. The summed E-state index contributed by atoms with van der Waals surface area (Å²) in [6.45, 7) is 7.92. The lowest BCUT2D eigenvalue weighted by molar-refractivity contribution is 0.154. The van der Waals surface area contributed by atoms with Crippen molar-refractivity contribution in [3.05, 3.63) is 82.9 Å². The first-order valence-corrected chi connectivity index (χ1v) is 12.9. The van der Waals surface area contributed by atoms with Crippen LogP contribution >= 0.6 is 0 Å². The molecule has 0 aliphatic rings. The fraction of sp³-hybridized carbons (Fsp3) is 0.269. The Kier molecular flexibility index (Phi) is 6.88. The van der Waals surface area contributed by atoms with E-state index in [1.807, 2.05) is 55.8 Å². The lowest BCUT2D eigenvalue weighted by Gasteiger charge is -2.11. The van der Waals surface area contributed by atoms with E-state index in [1.54, 1.807) is 12.1 Å². The van der Waals surface area contributed by atoms with E-state index in [1.165, 1.54) is 12.1 Å². The summed E-state index contributed by atoms with van der Waals surface area (Å²) in [7, 11) is -3.97. The van der Waals surface area contributed by atoms with Crippen molar-refractivity contribution in [2.75, 3.05) is 6.61 Å². The molecule has 9 heteroatoms. The number of fused-ring (bicyclic) bond motifs is 1. The van der Waals surface area contributed by atoms with Gasteiger partial charge in [0, 0.05) is 24.2 Å². The third-order valence-electron chi connectivity index (χ3n) is 5.70. The monoisotopic (exact) mass is 492 g/mol. The van der Waals surface area contributed by atoms with Gasteiger partial charge in [0.05, 0.1) is 22.7 Å². The number of hydrogen-bond donors (Lipinski definition) is 1. The molecule has 0 atom stereocenters. The molecule has 8 nitrogen and oxygen atoms in total. The first kappa shape index (κ1) is 24.4. The maximum Gasteiger partial charge on any atom is 0.421 e. The molecule has 2 heterocycles. The number of benzene rings is 2. The van der Waals surface area contributed by atoms with Crippen LogP contribution in [0.4, 0.5) is 4.79 Å². The zero-order chi connectivity index (χ0) is 25.2. The maximum atomic E-state index is 12.3. The van der Waals surface area contributed by atoms with Crippen molar-refractivity contribution in [2.45, 2.75) is 45.4 Å². The van der Waals surface area contributed by atoms with Gasteiger partial charge in [0.2, 0.25) is 0 Å². The number of nitrogens with one attached hydrogen (secondary N) is 1. The fourth-order valence-electron chi connectivity index (χ4n) is 3.94. The van der Waals surface area contributed by atoms with E-state index in [-0.39, 0.29) is 11.5 Å². The van der Waals surface area contributed by atoms with E-state index in [2.05, 4.69) is 16.5 Å². The number of sulfonamides is 1. The van der Waals surface area contributed by atoms with Crippen molar-refractivity contribution in [3.63, 3.8) is 0 Å². The highest BCUT2D eigenvalue weighted by Gasteiger charge is 2.18. The second kappa shape index (κ2) is 9.87. The smallest absolute Gasteiger partial charge is 0.421 e. The van der Waals surface area contributed by atoms with Gasteiger partial charge in [0.15, 0.2) is 0 Å². The second-order valence-corrected chi connectivity index (χ2v) is 10.1. The van der Waals surface area contributed by atoms with Gasteiger partial charge >= 0.3 is 6.09 Å². The molecule has 0 saturated carbocycles. The van der Waals surface area contributed by atoms with Crippen molar-refractivity contribution >= 4 is 27.1 Å². The molecule has 1 amide bonds. The van der Waals surface area contributed by atoms with Crippen LogP contribution in [0.2, 0.25) is 0 Å². The molecule has 0 radical (unpaired) electrons. The SMILES string of the molecule is CCc1nc2c(C)nc(C)cc2n1-c1ccc(CCOC(=O)NS(=O)(=O)c2ccc(C)cc2)cc1. The number of ether oxygens (including phenoxy) is 1. The largest absolute Gasteiger partial charge is 0.448 e. The number of carbonyl (C=O) groups is 1. The quantitative estimate of drug-likeness (QED) is 0.406. The van der Waals surface area contributed by atoms with Crippen LogP contribution in [-0.2, 0) is 27.6 Å². The third-order valence-corrected chi connectivity index (χ3v) is 7.03. The van der Waals surface area contributed by atoms with Gasteiger partial charge in [-0.3, -0.25) is 9.55 Å². The summed E-state index contributed by atoms with van der Waals surface area (Å²) < 4.78 is 33.8. The van der Waals surface area contributed by atoms with Gasteiger partial charge in [-0.15, -0.1) is 0 Å². The van der Waals surface area contributed by atoms with E-state index in [4.69, 9.17) is 9.72 Å². The van der Waals surface area contributed by atoms with Gasteiger partial charge in [-0.25, -0.2) is 22.9 Å². The maximum absolute atomic E-state index is 12.3. The van der Waals surface area contributed by atoms with Crippen LogP contribution in [0.1, 0.15) is 35.3 Å². The van der Waals surface area contributed by atoms with Crippen LogP contribution in [-0.4, -0.2) is 35.7 Å². The van der Waals surface area contributed by atoms with Crippen molar-refractivity contribution in [3.8, 4) is 5.69 Å². The van der Waals surface area contributed by atoms with Gasteiger partial charge in [-0.2, -0.15) is 0 Å². The van der Waals surface area contributed by atoms with Crippen molar-refractivity contribution in [1.29, 1.82) is 0 Å². The number of nitrogens with zero attached hydrogens (tertiary/aromatic N) is 3. The Morgan fingerprint density at radius 3 is 2.34 bits per heavy atom. The highest BCUT2D eigenvalue weighted by molar-refractivity contribution is 7.90. The van der Waals surface area contributed by atoms with E-state index in [0.717, 1.165) is 51.5 Å². The highest BCUT2D eigenvalue weighted by atomic mass is 32.2. The lowest BCUT2D eigenvalue weighted by atomic mass is 10.1. The molecule has 4 aromatic rings. The number of aromatic nitrogens is 3. The van der Waals surface area contributed by atoms with E-state index >= 15 is 0 Å². The summed E-state index contributed by atoms with van der Waals surface area (Å²) in [6.07, 6.45) is 0.230. The van der Waals surface area contributed by atoms with E-state index < -0.39 is 16.1 Å². The first-order chi connectivity index (χ1) is 16.7. The standard InChI is InChI=1S/C26H28N4O4S/c1-5-24-28-25-19(4)27-18(3)16-23(25)30(24)21-10-8-20(9-11-21)14-15-34-26(31)29-35(32,33)22-12-6-17(2)7-13-22/h6-13,16H,5,14-15H2,1-4H3,(H,29,31). The van der Waals surface area contributed by atoms with Gasteiger partial charge in [0.25, 0.3) is 10.0 Å². The summed E-state index contributed by atoms with van der Waals surface area (Å²) in [5.74, 6) is 0.957. The average molecular weight is 493 g/mol. The number of amides is 1. The Bertz CT molecular complexity index is 1470. The Balaban J connectivity index is 1.41. The number of imidazole rings is 1. The molecule has 182 valence electrons. The molecule has 2 aromatic heterocycles. The minimum Gasteiger partial charge on any atom is -0.448 e. The Morgan fingerprint density at radius 1 is 1.00 bits per heavy atom. The summed E-state index contributed by atoms with van der Waals surface area (Å²) in [4.78, 5) is 21.3. The van der Waals surface area contributed by atoms with Gasteiger partial charge < -0.3 is 4.74 Å². The topological polar surface area (TPSA) is 103 Å². The molecular formula is C26H28N4O4S. The average Bonchev–Trinajstić information content (AvgIpc) is 3.18. The molecule has 1 N–H and O–H groups in total. The molecule has 0 fully saturated rings. The van der Waals surface area contributed by atoms with Crippen LogP contribution < -0.4 is 4.72 Å². The van der Waals surface area contributed by atoms with Crippen LogP contribution in [0.25, 0.3) is 16.7 Å². The van der Waals surface area contributed by atoms with Crippen molar-refractivity contribution in [2.24, 2.45) is 0 Å². The molecule has 0 bridgehead atoms. The molecule has 0 spiro atoms. The van der Waals surface area contributed by atoms with Gasteiger partial charge in [-0.1, -0.05) is 36.8 Å².